The summed E-state index contributed by atoms with van der Waals surface area (Å²) in [4.78, 5) is 16.4. The molecule has 5 heteroatoms. The molecule has 0 amide bonds. The van der Waals surface area contributed by atoms with E-state index in [2.05, 4.69) is 4.98 Å². The van der Waals surface area contributed by atoms with Crippen LogP contribution in [-0.2, 0) is 7.05 Å². The molecule has 0 aliphatic carbocycles. The van der Waals surface area contributed by atoms with E-state index in [1.54, 1.807) is 10.8 Å². The fourth-order valence-electron chi connectivity index (χ4n) is 2.28. The van der Waals surface area contributed by atoms with E-state index in [-0.39, 0.29) is 18.3 Å². The summed E-state index contributed by atoms with van der Waals surface area (Å²) >= 11 is 5.97. The monoisotopic (exact) mass is 276 g/mol. The van der Waals surface area contributed by atoms with Crippen LogP contribution in [-0.4, -0.2) is 15.3 Å². The van der Waals surface area contributed by atoms with Gasteiger partial charge in [0.05, 0.1) is 18.2 Å². The number of Topliss-reactive ketones (excluding diaryl/α,β-unsaturated/α-hetero) is 1. The predicted octanol–water partition coefficient (Wildman–Crippen LogP) is 3.09. The number of fused-ring (bicyclic) bond motifs is 1. The average molecular weight is 277 g/mol. The Morgan fingerprint density at radius 2 is 2.26 bits per heavy atom. The van der Waals surface area contributed by atoms with E-state index >= 15 is 0 Å². The molecule has 0 unspecified atom stereocenters. The first kappa shape index (κ1) is 12.2. The number of imidazole rings is 1. The maximum Gasteiger partial charge on any atom is 0.170 e. The summed E-state index contributed by atoms with van der Waals surface area (Å²) in [6.07, 6.45) is 1.48. The minimum atomic E-state index is -0.375. The SMILES string of the molecule is Cc1ccc2c(c1)C(=O)C[C@H](c1ncc(Cl)n1C)O2. The van der Waals surface area contributed by atoms with Gasteiger partial charge in [-0.2, -0.15) is 0 Å². The van der Waals surface area contributed by atoms with Crippen molar-refractivity contribution in [2.45, 2.75) is 19.4 Å². The van der Waals surface area contributed by atoms with Crippen LogP contribution in [0.3, 0.4) is 0 Å². The van der Waals surface area contributed by atoms with Crippen molar-refractivity contribution in [2.75, 3.05) is 0 Å². The Morgan fingerprint density at radius 3 is 2.95 bits per heavy atom. The van der Waals surface area contributed by atoms with Crippen LogP contribution < -0.4 is 4.74 Å². The smallest absolute Gasteiger partial charge is 0.170 e. The number of nitrogens with zero attached hydrogens (tertiary/aromatic N) is 2. The van der Waals surface area contributed by atoms with E-state index in [1.807, 2.05) is 32.2 Å². The number of ether oxygens (including phenoxy) is 1. The normalized spacial score (nSPS) is 18.1. The number of carbonyl (C=O) groups excluding carboxylic acids is 1. The number of aryl methyl sites for hydroxylation is 1. The van der Waals surface area contributed by atoms with Crippen molar-refractivity contribution in [1.82, 2.24) is 9.55 Å². The fourth-order valence-corrected chi connectivity index (χ4v) is 2.42. The van der Waals surface area contributed by atoms with Crippen LogP contribution in [0.4, 0.5) is 0 Å². The third-order valence-corrected chi connectivity index (χ3v) is 3.68. The number of rotatable bonds is 1. The number of ketones is 1. The van der Waals surface area contributed by atoms with Crippen molar-refractivity contribution in [2.24, 2.45) is 7.05 Å². The summed E-state index contributed by atoms with van der Waals surface area (Å²) in [5, 5.41) is 0.528. The van der Waals surface area contributed by atoms with Crippen molar-refractivity contribution in [3.8, 4) is 5.75 Å². The van der Waals surface area contributed by atoms with Crippen LogP contribution in [0.1, 0.15) is 34.3 Å². The molecule has 0 radical (unpaired) electrons. The molecular formula is C14H13ClN2O2. The maximum absolute atomic E-state index is 12.2. The number of halogens is 1. The molecule has 2 heterocycles. The van der Waals surface area contributed by atoms with Crippen molar-refractivity contribution >= 4 is 17.4 Å². The molecule has 4 nitrogen and oxygen atoms in total. The Kier molecular flexibility index (Phi) is 2.82. The zero-order chi connectivity index (χ0) is 13.6. The summed E-state index contributed by atoms with van der Waals surface area (Å²) < 4.78 is 7.61. The van der Waals surface area contributed by atoms with Crippen molar-refractivity contribution in [1.29, 1.82) is 0 Å². The van der Waals surface area contributed by atoms with Gasteiger partial charge in [0.2, 0.25) is 0 Å². The van der Waals surface area contributed by atoms with Crippen LogP contribution >= 0.6 is 11.6 Å². The van der Waals surface area contributed by atoms with E-state index in [0.717, 1.165) is 5.56 Å². The molecule has 1 atom stereocenters. The Labute approximate surface area is 116 Å². The Morgan fingerprint density at radius 1 is 1.47 bits per heavy atom. The molecule has 0 saturated heterocycles. The second-order valence-electron chi connectivity index (χ2n) is 4.73. The second kappa shape index (κ2) is 4.38. The van der Waals surface area contributed by atoms with E-state index in [0.29, 0.717) is 22.3 Å². The van der Waals surface area contributed by atoms with Gasteiger partial charge >= 0.3 is 0 Å². The topological polar surface area (TPSA) is 44.1 Å². The molecule has 0 saturated carbocycles. The molecule has 0 N–H and O–H groups in total. The zero-order valence-electron chi connectivity index (χ0n) is 10.7. The van der Waals surface area contributed by atoms with E-state index < -0.39 is 0 Å². The highest BCUT2D eigenvalue weighted by Gasteiger charge is 2.30. The molecule has 3 rings (SSSR count). The van der Waals surface area contributed by atoms with E-state index in [1.165, 1.54) is 0 Å². The van der Waals surface area contributed by atoms with Gasteiger partial charge in [-0.25, -0.2) is 4.98 Å². The van der Waals surface area contributed by atoms with Crippen LogP contribution in [0.25, 0.3) is 0 Å². The third-order valence-electron chi connectivity index (χ3n) is 3.33. The van der Waals surface area contributed by atoms with Gasteiger partial charge in [-0.15, -0.1) is 0 Å². The first-order valence-corrected chi connectivity index (χ1v) is 6.41. The largest absolute Gasteiger partial charge is 0.481 e. The minimum absolute atomic E-state index is 0.0778. The van der Waals surface area contributed by atoms with Gasteiger partial charge in [0, 0.05) is 7.05 Å². The van der Waals surface area contributed by atoms with Gasteiger partial charge in [0.15, 0.2) is 17.7 Å². The highest BCUT2D eigenvalue weighted by molar-refractivity contribution is 6.29. The predicted molar refractivity (Wildman–Crippen MR) is 71.7 cm³/mol. The number of benzene rings is 1. The molecule has 0 fully saturated rings. The van der Waals surface area contributed by atoms with E-state index in [9.17, 15) is 4.79 Å². The van der Waals surface area contributed by atoms with Gasteiger partial charge in [-0.05, 0) is 19.1 Å². The fraction of sp³-hybridized carbons (Fsp3) is 0.286. The van der Waals surface area contributed by atoms with Crippen molar-refractivity contribution in [3.05, 3.63) is 46.5 Å². The maximum atomic E-state index is 12.2. The second-order valence-corrected chi connectivity index (χ2v) is 5.12. The van der Waals surface area contributed by atoms with Crippen LogP contribution in [0.5, 0.6) is 5.75 Å². The summed E-state index contributed by atoms with van der Waals surface area (Å²) in [5.41, 5.74) is 1.70. The minimum Gasteiger partial charge on any atom is -0.481 e. The first-order chi connectivity index (χ1) is 9.06. The van der Waals surface area contributed by atoms with Gasteiger partial charge in [-0.1, -0.05) is 23.2 Å². The molecule has 1 aliphatic heterocycles. The summed E-state index contributed by atoms with van der Waals surface area (Å²) in [7, 11) is 1.81. The van der Waals surface area contributed by atoms with Crippen LogP contribution in [0.15, 0.2) is 24.4 Å². The quantitative estimate of drug-likeness (QED) is 0.804. The number of aromatic nitrogens is 2. The Hall–Kier alpha value is -1.81. The standard InChI is InChI=1S/C14H13ClN2O2/c1-8-3-4-11-9(5-8)10(18)6-12(19-11)14-16-7-13(15)17(14)2/h3-5,7,12H,6H2,1-2H3/t12-/m1/s1. The van der Waals surface area contributed by atoms with Gasteiger partial charge in [0.25, 0.3) is 0 Å². The molecule has 1 aromatic heterocycles. The number of carbonyl (C=O) groups is 1. The molecule has 0 spiro atoms. The molecule has 2 aromatic rings. The average Bonchev–Trinajstić information content (AvgIpc) is 2.71. The lowest BCUT2D eigenvalue weighted by atomic mass is 9.98. The molecule has 0 bridgehead atoms. The van der Waals surface area contributed by atoms with Gasteiger partial charge in [0.1, 0.15) is 10.9 Å². The zero-order valence-corrected chi connectivity index (χ0v) is 11.4. The Balaban J connectivity index is 1.99. The summed E-state index contributed by atoms with van der Waals surface area (Å²) in [6.45, 7) is 1.96. The summed E-state index contributed by atoms with van der Waals surface area (Å²) in [6, 6.07) is 5.62. The third kappa shape index (κ3) is 2.02. The molecule has 1 aliphatic rings. The number of hydrogen-bond acceptors (Lipinski definition) is 3. The van der Waals surface area contributed by atoms with Crippen molar-refractivity contribution < 1.29 is 9.53 Å². The lowest BCUT2D eigenvalue weighted by molar-refractivity contribution is 0.0835. The molecular weight excluding hydrogens is 264 g/mol. The molecule has 1 aromatic carbocycles. The lowest BCUT2D eigenvalue weighted by Crippen LogP contribution is -2.23. The highest BCUT2D eigenvalue weighted by atomic mass is 35.5. The highest BCUT2D eigenvalue weighted by Crippen LogP contribution is 2.35. The molecule has 98 valence electrons. The number of hydrogen-bond donors (Lipinski definition) is 0. The lowest BCUT2D eigenvalue weighted by Gasteiger charge is -2.25. The van der Waals surface area contributed by atoms with Gasteiger partial charge < -0.3 is 9.30 Å². The van der Waals surface area contributed by atoms with Crippen LogP contribution in [0, 0.1) is 6.92 Å². The van der Waals surface area contributed by atoms with E-state index in [4.69, 9.17) is 16.3 Å². The van der Waals surface area contributed by atoms with Crippen LogP contribution in [0.2, 0.25) is 5.15 Å². The first-order valence-electron chi connectivity index (χ1n) is 6.04. The van der Waals surface area contributed by atoms with Crippen molar-refractivity contribution in [3.63, 3.8) is 0 Å². The Bertz CT molecular complexity index is 663. The summed E-state index contributed by atoms with van der Waals surface area (Å²) in [5.74, 6) is 1.37. The van der Waals surface area contributed by atoms with Gasteiger partial charge in [-0.3, -0.25) is 4.79 Å². The molecule has 19 heavy (non-hydrogen) atoms.